The maximum absolute atomic E-state index is 6.13. The van der Waals surface area contributed by atoms with E-state index >= 15 is 0 Å². The third kappa shape index (κ3) is 2.07. The predicted molar refractivity (Wildman–Crippen MR) is 73.1 cm³/mol. The zero-order chi connectivity index (χ0) is 12.5. The molecule has 0 fully saturated rings. The van der Waals surface area contributed by atoms with Crippen LogP contribution in [-0.2, 0) is 6.54 Å². The molecule has 18 heavy (non-hydrogen) atoms. The highest BCUT2D eigenvalue weighted by Crippen LogP contribution is 2.20. The van der Waals surface area contributed by atoms with Crippen LogP contribution >= 0.6 is 23.2 Å². The number of nitrogens with zero attached hydrogens (tertiary/aromatic N) is 3. The standard InChI is InChI=1S/C13H9Cl2N3/c14-10-5-3-9(4-6-10)8-18-11-2-1-7-16-12(11)17-13(18)15/h1-7H,8H2. The van der Waals surface area contributed by atoms with Crippen molar-refractivity contribution in [3.05, 3.63) is 58.5 Å². The summed E-state index contributed by atoms with van der Waals surface area (Å²) in [5, 5.41) is 1.17. The molecule has 0 saturated carbocycles. The Hall–Kier alpha value is -1.58. The fraction of sp³-hybridized carbons (Fsp3) is 0.0769. The average molecular weight is 278 g/mol. The summed E-state index contributed by atoms with van der Waals surface area (Å²) in [6, 6.07) is 11.5. The van der Waals surface area contributed by atoms with E-state index in [-0.39, 0.29) is 0 Å². The van der Waals surface area contributed by atoms with Gasteiger partial charge < -0.3 is 4.57 Å². The zero-order valence-electron chi connectivity index (χ0n) is 9.35. The summed E-state index contributed by atoms with van der Waals surface area (Å²) in [4.78, 5) is 8.40. The number of pyridine rings is 1. The second-order valence-corrected chi connectivity index (χ2v) is 4.71. The maximum Gasteiger partial charge on any atom is 0.205 e. The lowest BCUT2D eigenvalue weighted by atomic mass is 10.2. The number of hydrogen-bond donors (Lipinski definition) is 0. The minimum atomic E-state index is 0.443. The molecule has 0 aliphatic rings. The normalized spacial score (nSPS) is 11.0. The van der Waals surface area contributed by atoms with Gasteiger partial charge in [0.25, 0.3) is 0 Å². The Morgan fingerprint density at radius 3 is 2.61 bits per heavy atom. The van der Waals surface area contributed by atoms with Crippen LogP contribution in [0.25, 0.3) is 11.2 Å². The van der Waals surface area contributed by atoms with Crippen molar-refractivity contribution in [2.75, 3.05) is 0 Å². The zero-order valence-corrected chi connectivity index (χ0v) is 10.9. The van der Waals surface area contributed by atoms with Gasteiger partial charge in [-0.15, -0.1) is 0 Å². The molecule has 1 aromatic carbocycles. The SMILES string of the molecule is Clc1ccc(Cn2c(Cl)nc3ncccc32)cc1. The van der Waals surface area contributed by atoms with Crippen LogP contribution in [0.2, 0.25) is 10.3 Å². The molecule has 90 valence electrons. The van der Waals surface area contributed by atoms with E-state index in [1.54, 1.807) is 6.20 Å². The number of hydrogen-bond acceptors (Lipinski definition) is 2. The minimum absolute atomic E-state index is 0.443. The molecule has 0 aliphatic carbocycles. The molecule has 5 heteroatoms. The molecule has 3 rings (SSSR count). The summed E-state index contributed by atoms with van der Waals surface area (Å²) in [6.07, 6.45) is 1.71. The van der Waals surface area contributed by atoms with Gasteiger partial charge in [0.05, 0.1) is 12.1 Å². The van der Waals surface area contributed by atoms with E-state index in [1.807, 2.05) is 41.0 Å². The van der Waals surface area contributed by atoms with E-state index in [0.29, 0.717) is 17.5 Å². The summed E-state index contributed by atoms with van der Waals surface area (Å²) >= 11 is 12.0. The van der Waals surface area contributed by atoms with Crippen molar-refractivity contribution >= 4 is 34.4 Å². The van der Waals surface area contributed by atoms with E-state index < -0.39 is 0 Å². The molecule has 0 N–H and O–H groups in total. The molecule has 0 aliphatic heterocycles. The van der Waals surface area contributed by atoms with Gasteiger partial charge in [0.15, 0.2) is 5.65 Å². The summed E-state index contributed by atoms with van der Waals surface area (Å²) in [7, 11) is 0. The first-order valence-electron chi connectivity index (χ1n) is 5.45. The van der Waals surface area contributed by atoms with Gasteiger partial charge in [-0.05, 0) is 41.4 Å². The van der Waals surface area contributed by atoms with Gasteiger partial charge in [0.1, 0.15) is 0 Å². The lowest BCUT2D eigenvalue weighted by molar-refractivity contribution is 0.825. The van der Waals surface area contributed by atoms with E-state index in [9.17, 15) is 0 Å². The lowest BCUT2D eigenvalue weighted by Gasteiger charge is -2.05. The molecule has 3 nitrogen and oxygen atoms in total. The van der Waals surface area contributed by atoms with Gasteiger partial charge in [-0.1, -0.05) is 23.7 Å². The second-order valence-electron chi connectivity index (χ2n) is 3.94. The molecule has 0 amide bonds. The highest BCUT2D eigenvalue weighted by atomic mass is 35.5. The largest absolute Gasteiger partial charge is 0.309 e. The van der Waals surface area contributed by atoms with Crippen LogP contribution < -0.4 is 0 Å². The van der Waals surface area contributed by atoms with Gasteiger partial charge in [-0.3, -0.25) is 0 Å². The van der Waals surface area contributed by atoms with E-state index in [2.05, 4.69) is 9.97 Å². The van der Waals surface area contributed by atoms with E-state index in [1.165, 1.54) is 0 Å². The Kier molecular flexibility index (Phi) is 2.94. The van der Waals surface area contributed by atoms with Crippen LogP contribution in [0.15, 0.2) is 42.6 Å². The Morgan fingerprint density at radius 1 is 1.06 bits per heavy atom. The van der Waals surface area contributed by atoms with Crippen molar-refractivity contribution in [2.24, 2.45) is 0 Å². The van der Waals surface area contributed by atoms with Crippen LogP contribution in [0.1, 0.15) is 5.56 Å². The highest BCUT2D eigenvalue weighted by Gasteiger charge is 2.09. The van der Waals surface area contributed by atoms with Crippen LogP contribution in [0.5, 0.6) is 0 Å². The first-order chi connectivity index (χ1) is 8.74. The molecular formula is C13H9Cl2N3. The van der Waals surface area contributed by atoms with Gasteiger partial charge in [0, 0.05) is 11.2 Å². The summed E-state index contributed by atoms with van der Waals surface area (Å²) < 4.78 is 1.92. The predicted octanol–water partition coefficient (Wildman–Crippen LogP) is 3.79. The van der Waals surface area contributed by atoms with Crippen molar-refractivity contribution in [2.45, 2.75) is 6.54 Å². The van der Waals surface area contributed by atoms with E-state index in [0.717, 1.165) is 16.1 Å². The lowest BCUT2D eigenvalue weighted by Crippen LogP contribution is -1.99. The summed E-state index contributed by atoms with van der Waals surface area (Å²) in [6.45, 7) is 0.651. The van der Waals surface area contributed by atoms with Gasteiger partial charge in [-0.25, -0.2) is 4.98 Å². The molecule has 2 aromatic heterocycles. The Morgan fingerprint density at radius 2 is 1.83 bits per heavy atom. The molecular weight excluding hydrogens is 269 g/mol. The average Bonchev–Trinajstić information content (AvgIpc) is 2.69. The Labute approximate surface area is 114 Å². The van der Waals surface area contributed by atoms with Crippen molar-refractivity contribution < 1.29 is 0 Å². The molecule has 2 heterocycles. The number of aromatic nitrogens is 3. The van der Waals surface area contributed by atoms with Crippen molar-refractivity contribution in [3.8, 4) is 0 Å². The van der Waals surface area contributed by atoms with Crippen LogP contribution in [0.3, 0.4) is 0 Å². The second kappa shape index (κ2) is 4.59. The van der Waals surface area contributed by atoms with E-state index in [4.69, 9.17) is 23.2 Å². The molecule has 0 atom stereocenters. The molecule has 0 spiro atoms. The van der Waals surface area contributed by atoms with Crippen LogP contribution in [-0.4, -0.2) is 14.5 Å². The number of imidazole rings is 1. The minimum Gasteiger partial charge on any atom is -0.309 e. The van der Waals surface area contributed by atoms with Crippen molar-refractivity contribution in [3.63, 3.8) is 0 Å². The first-order valence-corrected chi connectivity index (χ1v) is 6.21. The third-order valence-electron chi connectivity index (χ3n) is 2.73. The van der Waals surface area contributed by atoms with Crippen molar-refractivity contribution in [1.82, 2.24) is 14.5 Å². The molecule has 0 bridgehead atoms. The van der Waals surface area contributed by atoms with Gasteiger partial charge >= 0.3 is 0 Å². The fourth-order valence-corrected chi connectivity index (χ4v) is 2.21. The molecule has 3 aromatic rings. The Bertz CT molecular complexity index is 689. The number of rotatable bonds is 2. The molecule has 0 saturated heterocycles. The number of halogens is 2. The maximum atomic E-state index is 6.13. The smallest absolute Gasteiger partial charge is 0.205 e. The van der Waals surface area contributed by atoms with Gasteiger partial charge in [-0.2, -0.15) is 4.98 Å². The fourth-order valence-electron chi connectivity index (χ4n) is 1.86. The molecule has 0 unspecified atom stereocenters. The monoisotopic (exact) mass is 277 g/mol. The topological polar surface area (TPSA) is 30.7 Å². The number of fused-ring (bicyclic) bond motifs is 1. The van der Waals surface area contributed by atoms with Gasteiger partial charge in [0.2, 0.25) is 5.28 Å². The highest BCUT2D eigenvalue weighted by molar-refractivity contribution is 6.30. The Balaban J connectivity index is 2.04. The molecule has 0 radical (unpaired) electrons. The quantitative estimate of drug-likeness (QED) is 0.714. The first kappa shape index (κ1) is 11.5. The van der Waals surface area contributed by atoms with Crippen LogP contribution in [0.4, 0.5) is 0 Å². The number of benzene rings is 1. The summed E-state index contributed by atoms with van der Waals surface area (Å²) in [5.74, 6) is 0. The summed E-state index contributed by atoms with van der Waals surface area (Å²) in [5.41, 5.74) is 2.71. The van der Waals surface area contributed by atoms with Crippen LogP contribution in [0, 0.1) is 0 Å². The third-order valence-corrected chi connectivity index (χ3v) is 3.27. The van der Waals surface area contributed by atoms with Crippen molar-refractivity contribution in [1.29, 1.82) is 0 Å².